The largest absolute Gasteiger partial charge is 0.299 e. The van der Waals surface area contributed by atoms with Crippen molar-refractivity contribution in [3.05, 3.63) is 0 Å². The van der Waals surface area contributed by atoms with Crippen molar-refractivity contribution in [1.29, 1.82) is 0 Å². The van der Waals surface area contributed by atoms with E-state index in [0.29, 0.717) is 5.66 Å². The fourth-order valence-corrected chi connectivity index (χ4v) is 1.22. The van der Waals surface area contributed by atoms with Crippen molar-refractivity contribution in [3.63, 3.8) is 0 Å². The predicted molar refractivity (Wildman–Crippen MR) is 30.1 cm³/mol. The first-order valence-corrected chi connectivity index (χ1v) is 2.91. The molecule has 3 heteroatoms. The Labute approximate surface area is 49.4 Å². The van der Waals surface area contributed by atoms with E-state index >= 15 is 0 Å². The Morgan fingerprint density at radius 2 is 1.38 bits per heavy atom. The zero-order valence-corrected chi connectivity index (χ0v) is 4.78. The highest BCUT2D eigenvalue weighted by molar-refractivity contribution is 5.00. The van der Waals surface area contributed by atoms with Gasteiger partial charge in [0.1, 0.15) is 0 Å². The average molecular weight is 112 g/mol. The van der Waals surface area contributed by atoms with Gasteiger partial charge in [0.05, 0.1) is 5.66 Å². The highest BCUT2D eigenvalue weighted by Gasteiger charge is 2.41. The molecule has 3 nitrogen and oxygen atoms in total. The molecule has 2 rings (SSSR count). The van der Waals surface area contributed by atoms with Crippen LogP contribution in [0.5, 0.6) is 0 Å². The van der Waals surface area contributed by atoms with Crippen LogP contribution in [-0.4, -0.2) is 18.8 Å². The molecule has 0 amide bonds. The summed E-state index contributed by atoms with van der Waals surface area (Å²) in [6, 6.07) is 0. The molecule has 2 N–H and O–H groups in total. The van der Waals surface area contributed by atoms with Crippen LogP contribution in [0.15, 0.2) is 0 Å². The molecular weight excluding hydrogens is 102 g/mol. The lowest BCUT2D eigenvalue weighted by Gasteiger charge is -2.51. The van der Waals surface area contributed by atoms with Gasteiger partial charge < -0.3 is 0 Å². The summed E-state index contributed by atoms with van der Waals surface area (Å²) in [5.74, 6) is 0. The van der Waals surface area contributed by atoms with Crippen LogP contribution in [0.3, 0.4) is 0 Å². The van der Waals surface area contributed by atoms with Gasteiger partial charge in [-0.3, -0.25) is 10.6 Å². The first kappa shape index (κ1) is 6.01. The van der Waals surface area contributed by atoms with Crippen molar-refractivity contribution in [3.8, 4) is 0 Å². The lowest BCUT2D eigenvalue weighted by atomic mass is 9.88. The van der Waals surface area contributed by atoms with Gasteiger partial charge in [0, 0.05) is 6.15 Å². The molecule has 2 aliphatic heterocycles. The van der Waals surface area contributed by atoms with E-state index in [-0.39, 0.29) is 6.15 Å². The van der Waals surface area contributed by atoms with Gasteiger partial charge in [-0.1, -0.05) is 0 Å². The summed E-state index contributed by atoms with van der Waals surface area (Å²) >= 11 is 0. The van der Waals surface area contributed by atoms with Gasteiger partial charge in [-0.05, 0) is 25.9 Å². The van der Waals surface area contributed by atoms with Crippen LogP contribution in [0.4, 0.5) is 0 Å². The second-order valence-electron chi connectivity index (χ2n) is 2.44. The van der Waals surface area contributed by atoms with E-state index in [4.69, 9.17) is 0 Å². The highest BCUT2D eigenvalue weighted by atomic mass is 15.3. The molecule has 0 bridgehead atoms. The fraction of sp³-hybridized carbons (Fsp3) is 1.00. The summed E-state index contributed by atoms with van der Waals surface area (Å²) in [5.41, 5.74) is 0.444. The molecule has 0 aliphatic carbocycles. The molecule has 8 heavy (non-hydrogen) atoms. The zero-order chi connectivity index (χ0) is 4.74. The number of hydrogen-bond donors (Lipinski definition) is 2. The topological polar surface area (TPSA) is 54.6 Å². The van der Waals surface area contributed by atoms with Gasteiger partial charge in [0.25, 0.3) is 0 Å². The third-order valence-corrected chi connectivity index (χ3v) is 2.03. The van der Waals surface area contributed by atoms with Gasteiger partial charge in [-0.15, -0.1) is 0 Å². The summed E-state index contributed by atoms with van der Waals surface area (Å²) < 4.78 is 0. The maximum absolute atomic E-state index is 3.35. The number of nitrogens with zero attached hydrogens (tertiary/aromatic N) is 1. The van der Waals surface area contributed by atoms with Crippen LogP contribution in [0, 0.1) is 0 Å². The van der Waals surface area contributed by atoms with Crippen LogP contribution in [-0.2, 0) is 0 Å². The Bertz CT molecular complexity index is 68.2. The van der Waals surface area contributed by atoms with E-state index in [1.54, 1.807) is 0 Å². The van der Waals surface area contributed by atoms with Crippen molar-refractivity contribution in [2.45, 2.75) is 18.5 Å². The first-order chi connectivity index (χ1) is 3.41. The van der Waals surface area contributed by atoms with E-state index < -0.39 is 0 Å². The Balaban J connectivity index is 0.000000320. The van der Waals surface area contributed by atoms with Crippen LogP contribution in [0.2, 0.25) is 0 Å². The van der Waals surface area contributed by atoms with E-state index in [1.165, 1.54) is 25.9 Å². The standard InChI is InChI=1S/C5H10N2.N/c1-3-6-5(1)2-4-7-5;/h6-7H,1-4H2;. The second kappa shape index (κ2) is 1.69. The SMILES string of the molecule is C1CC2(CCN2)N1.[N]. The minimum Gasteiger partial charge on any atom is -0.299 e. The molecule has 0 aromatic heterocycles. The summed E-state index contributed by atoms with van der Waals surface area (Å²) in [7, 11) is 0. The fourth-order valence-electron chi connectivity index (χ4n) is 1.22. The molecule has 45 valence electrons. The van der Waals surface area contributed by atoms with Crippen molar-refractivity contribution >= 4 is 0 Å². The maximum Gasteiger partial charge on any atom is 0.0711 e. The number of nitrogens with one attached hydrogen (secondary N) is 2. The van der Waals surface area contributed by atoms with Crippen molar-refractivity contribution in [2.75, 3.05) is 13.1 Å². The molecule has 3 radical (unpaired) electrons. The van der Waals surface area contributed by atoms with Gasteiger partial charge in [-0.2, -0.15) is 0 Å². The summed E-state index contributed by atoms with van der Waals surface area (Å²) in [5, 5.41) is 6.69. The van der Waals surface area contributed by atoms with Crippen LogP contribution >= 0.6 is 0 Å². The summed E-state index contributed by atoms with van der Waals surface area (Å²) in [4.78, 5) is 0. The molecule has 0 saturated carbocycles. The van der Waals surface area contributed by atoms with Crippen molar-refractivity contribution in [2.24, 2.45) is 0 Å². The first-order valence-electron chi connectivity index (χ1n) is 2.91. The monoisotopic (exact) mass is 112 g/mol. The Morgan fingerprint density at radius 3 is 1.38 bits per heavy atom. The predicted octanol–water partition coefficient (Wildman–Crippen LogP) is -0.811. The minimum absolute atomic E-state index is 0. The lowest BCUT2D eigenvalue weighted by molar-refractivity contribution is 0.0756. The van der Waals surface area contributed by atoms with Gasteiger partial charge in [0.15, 0.2) is 0 Å². The summed E-state index contributed by atoms with van der Waals surface area (Å²) in [6.45, 7) is 2.43. The zero-order valence-electron chi connectivity index (χ0n) is 4.78. The normalized spacial score (nSPS) is 30.0. The molecule has 2 fully saturated rings. The molecule has 1 spiro atoms. The lowest BCUT2D eigenvalue weighted by Crippen LogP contribution is -2.73. The highest BCUT2D eigenvalue weighted by Crippen LogP contribution is 2.25. The molecular formula is C5H10N3. The number of hydrogen-bond acceptors (Lipinski definition) is 2. The smallest absolute Gasteiger partial charge is 0.0711 e. The van der Waals surface area contributed by atoms with Crippen LogP contribution in [0.1, 0.15) is 12.8 Å². The van der Waals surface area contributed by atoms with E-state index in [0.717, 1.165) is 0 Å². The minimum atomic E-state index is 0. The molecule has 0 aromatic rings. The molecule has 2 saturated heterocycles. The third-order valence-electron chi connectivity index (χ3n) is 2.03. The van der Waals surface area contributed by atoms with Crippen molar-refractivity contribution in [1.82, 2.24) is 16.8 Å². The van der Waals surface area contributed by atoms with Crippen LogP contribution < -0.4 is 16.8 Å². The Hall–Kier alpha value is -0.120. The Kier molecular flexibility index (Phi) is 1.27. The maximum atomic E-state index is 3.35. The van der Waals surface area contributed by atoms with Crippen molar-refractivity contribution < 1.29 is 0 Å². The second-order valence-corrected chi connectivity index (χ2v) is 2.44. The van der Waals surface area contributed by atoms with E-state index in [9.17, 15) is 0 Å². The van der Waals surface area contributed by atoms with E-state index in [2.05, 4.69) is 10.6 Å². The average Bonchev–Trinajstić information content (AvgIpc) is 1.20. The Morgan fingerprint density at radius 1 is 1.00 bits per heavy atom. The van der Waals surface area contributed by atoms with Gasteiger partial charge in [-0.25, -0.2) is 0 Å². The van der Waals surface area contributed by atoms with E-state index in [1.807, 2.05) is 0 Å². The third kappa shape index (κ3) is 0.555. The van der Waals surface area contributed by atoms with Gasteiger partial charge >= 0.3 is 0 Å². The summed E-state index contributed by atoms with van der Waals surface area (Å²) in [6.07, 6.45) is 2.68. The quantitative estimate of drug-likeness (QED) is 0.430. The molecule has 0 aromatic carbocycles. The molecule has 0 atom stereocenters. The van der Waals surface area contributed by atoms with Gasteiger partial charge in [0.2, 0.25) is 0 Å². The molecule has 2 aliphatic rings. The molecule has 0 unspecified atom stereocenters. The molecule has 2 heterocycles. The number of rotatable bonds is 0. The van der Waals surface area contributed by atoms with Crippen LogP contribution in [0.25, 0.3) is 0 Å².